The number of aromatic nitrogens is 2. The van der Waals surface area contributed by atoms with Gasteiger partial charge in [0.2, 0.25) is 0 Å². The van der Waals surface area contributed by atoms with Gasteiger partial charge < -0.3 is 10.7 Å². The third-order valence-corrected chi connectivity index (χ3v) is 2.65. The lowest BCUT2D eigenvalue weighted by molar-refractivity contribution is 0.631. The van der Waals surface area contributed by atoms with Gasteiger partial charge in [-0.15, -0.1) is 0 Å². The van der Waals surface area contributed by atoms with E-state index in [1.165, 1.54) is 24.4 Å². The first-order valence-corrected chi connectivity index (χ1v) is 5.48. The summed E-state index contributed by atoms with van der Waals surface area (Å²) >= 11 is 0. The number of H-pyrrole nitrogens is 1. The Balaban J connectivity index is 2.18. The fraction of sp³-hybridized carbons (Fsp3) is 0.727. The van der Waals surface area contributed by atoms with Gasteiger partial charge in [-0.3, -0.25) is 0 Å². The number of nitrogens with one attached hydrogen (secondary N) is 1. The maximum absolute atomic E-state index is 5.69. The van der Waals surface area contributed by atoms with Crippen LogP contribution in [0.15, 0.2) is 0 Å². The molecule has 1 aliphatic carbocycles. The monoisotopic (exact) mass is 193 g/mol. The Morgan fingerprint density at radius 2 is 2.21 bits per heavy atom. The van der Waals surface area contributed by atoms with Crippen LogP contribution < -0.4 is 5.73 Å². The summed E-state index contributed by atoms with van der Waals surface area (Å²) in [6.45, 7) is 5.01. The normalized spacial score (nSPS) is 16.6. The Kier molecular flexibility index (Phi) is 2.59. The van der Waals surface area contributed by atoms with Gasteiger partial charge in [0.15, 0.2) is 0 Å². The molecular weight excluding hydrogens is 174 g/mol. The van der Waals surface area contributed by atoms with Crippen molar-refractivity contribution in [2.24, 2.45) is 11.7 Å². The lowest BCUT2D eigenvalue weighted by atomic mass is 10.1. The van der Waals surface area contributed by atoms with Gasteiger partial charge in [-0.25, -0.2) is 4.98 Å². The minimum Gasteiger partial charge on any atom is -0.344 e. The smallest absolute Gasteiger partial charge is 0.109 e. The Labute approximate surface area is 85.1 Å². The first-order chi connectivity index (χ1) is 6.70. The van der Waals surface area contributed by atoms with E-state index in [1.807, 2.05) is 0 Å². The van der Waals surface area contributed by atoms with Crippen molar-refractivity contribution in [3.63, 3.8) is 0 Å². The Morgan fingerprint density at radius 1 is 1.50 bits per heavy atom. The maximum Gasteiger partial charge on any atom is 0.109 e. The molecule has 1 aliphatic rings. The van der Waals surface area contributed by atoms with Crippen LogP contribution >= 0.6 is 0 Å². The second-order valence-electron chi connectivity index (χ2n) is 4.62. The lowest BCUT2D eigenvalue weighted by Crippen LogP contribution is -2.03. The molecule has 3 heteroatoms. The second-order valence-corrected chi connectivity index (χ2v) is 4.62. The van der Waals surface area contributed by atoms with Crippen LogP contribution in [0.25, 0.3) is 0 Å². The van der Waals surface area contributed by atoms with Gasteiger partial charge in [-0.1, -0.05) is 13.8 Å². The van der Waals surface area contributed by atoms with Gasteiger partial charge in [0, 0.05) is 12.5 Å². The molecule has 0 radical (unpaired) electrons. The fourth-order valence-corrected chi connectivity index (χ4v) is 1.74. The van der Waals surface area contributed by atoms with Crippen molar-refractivity contribution in [1.29, 1.82) is 0 Å². The van der Waals surface area contributed by atoms with Crippen LogP contribution in [-0.2, 0) is 13.0 Å². The van der Waals surface area contributed by atoms with Gasteiger partial charge in [-0.05, 0) is 25.2 Å². The minimum absolute atomic E-state index is 0.585. The largest absolute Gasteiger partial charge is 0.344 e. The molecule has 0 unspecified atom stereocenters. The molecule has 3 N–H and O–H groups in total. The van der Waals surface area contributed by atoms with Crippen molar-refractivity contribution in [2.45, 2.75) is 45.6 Å². The molecule has 1 fully saturated rings. The molecule has 0 atom stereocenters. The number of imidazole rings is 1. The highest BCUT2D eigenvalue weighted by atomic mass is 15.0. The van der Waals surface area contributed by atoms with Crippen LogP contribution in [0.1, 0.15) is 49.8 Å². The van der Waals surface area contributed by atoms with Crippen molar-refractivity contribution >= 4 is 0 Å². The van der Waals surface area contributed by atoms with Gasteiger partial charge >= 0.3 is 0 Å². The number of rotatable bonds is 4. The van der Waals surface area contributed by atoms with Crippen LogP contribution in [0.2, 0.25) is 0 Å². The van der Waals surface area contributed by atoms with Gasteiger partial charge in [0.25, 0.3) is 0 Å². The Morgan fingerprint density at radius 3 is 2.71 bits per heavy atom. The van der Waals surface area contributed by atoms with E-state index in [0.29, 0.717) is 18.4 Å². The van der Waals surface area contributed by atoms with Gasteiger partial charge in [0.05, 0.1) is 11.4 Å². The number of nitrogens with two attached hydrogens (primary N) is 1. The molecule has 0 amide bonds. The summed E-state index contributed by atoms with van der Waals surface area (Å²) in [6.07, 6.45) is 3.62. The molecule has 14 heavy (non-hydrogen) atoms. The molecule has 1 heterocycles. The molecule has 0 aromatic carbocycles. The summed E-state index contributed by atoms with van der Waals surface area (Å²) in [4.78, 5) is 8.01. The van der Waals surface area contributed by atoms with E-state index in [9.17, 15) is 0 Å². The molecule has 1 aromatic heterocycles. The van der Waals surface area contributed by atoms with Crippen LogP contribution in [0.3, 0.4) is 0 Å². The molecule has 1 saturated carbocycles. The molecule has 3 nitrogen and oxygen atoms in total. The number of aromatic amines is 1. The molecule has 0 bridgehead atoms. The highest BCUT2D eigenvalue weighted by Gasteiger charge is 2.27. The zero-order valence-electron chi connectivity index (χ0n) is 9.01. The quantitative estimate of drug-likeness (QED) is 0.767. The number of nitrogens with zero attached hydrogens (tertiary/aromatic N) is 1. The maximum atomic E-state index is 5.69. The van der Waals surface area contributed by atoms with Gasteiger partial charge in [0.1, 0.15) is 5.82 Å². The van der Waals surface area contributed by atoms with E-state index in [0.717, 1.165) is 12.1 Å². The van der Waals surface area contributed by atoms with E-state index >= 15 is 0 Å². The van der Waals surface area contributed by atoms with Crippen molar-refractivity contribution in [3.8, 4) is 0 Å². The SMILES string of the molecule is CC(C)Cc1nc(C2CC2)[nH]c1CN. The van der Waals surface area contributed by atoms with E-state index in [-0.39, 0.29) is 0 Å². The highest BCUT2D eigenvalue weighted by Crippen LogP contribution is 2.38. The lowest BCUT2D eigenvalue weighted by Gasteiger charge is -2.02. The molecule has 1 aromatic rings. The molecule has 0 saturated heterocycles. The zero-order valence-corrected chi connectivity index (χ0v) is 9.01. The van der Waals surface area contributed by atoms with Crippen LogP contribution in [0.4, 0.5) is 0 Å². The number of hydrogen-bond donors (Lipinski definition) is 2. The molecule has 0 spiro atoms. The summed E-state index contributed by atoms with van der Waals surface area (Å²) in [6, 6.07) is 0. The predicted octanol–water partition coefficient (Wildman–Crippen LogP) is 1.94. The topological polar surface area (TPSA) is 54.7 Å². The summed E-state index contributed by atoms with van der Waals surface area (Å²) in [7, 11) is 0. The van der Waals surface area contributed by atoms with E-state index in [1.54, 1.807) is 0 Å². The van der Waals surface area contributed by atoms with E-state index in [2.05, 4.69) is 23.8 Å². The van der Waals surface area contributed by atoms with Gasteiger partial charge in [-0.2, -0.15) is 0 Å². The third-order valence-electron chi connectivity index (χ3n) is 2.65. The first kappa shape index (κ1) is 9.71. The van der Waals surface area contributed by atoms with Crippen LogP contribution in [-0.4, -0.2) is 9.97 Å². The second kappa shape index (κ2) is 3.73. The summed E-state index contributed by atoms with van der Waals surface area (Å²) in [5.74, 6) is 2.51. The van der Waals surface area contributed by atoms with E-state index in [4.69, 9.17) is 5.73 Å². The standard InChI is InChI=1S/C11H19N3/c1-7(2)5-9-10(6-12)14-11(13-9)8-3-4-8/h7-8H,3-6,12H2,1-2H3,(H,13,14). The van der Waals surface area contributed by atoms with Crippen LogP contribution in [0, 0.1) is 5.92 Å². The highest BCUT2D eigenvalue weighted by molar-refractivity contribution is 5.19. The van der Waals surface area contributed by atoms with Crippen molar-refractivity contribution in [2.75, 3.05) is 0 Å². The third kappa shape index (κ3) is 1.98. The average Bonchev–Trinajstić information content (AvgIpc) is 2.89. The molecule has 0 aliphatic heterocycles. The summed E-state index contributed by atoms with van der Waals surface area (Å²) in [5, 5.41) is 0. The fourth-order valence-electron chi connectivity index (χ4n) is 1.74. The molecule has 2 rings (SSSR count). The molecule has 78 valence electrons. The van der Waals surface area contributed by atoms with Crippen molar-refractivity contribution in [3.05, 3.63) is 17.2 Å². The van der Waals surface area contributed by atoms with Crippen LogP contribution in [0.5, 0.6) is 0 Å². The van der Waals surface area contributed by atoms with E-state index < -0.39 is 0 Å². The predicted molar refractivity (Wildman–Crippen MR) is 57.0 cm³/mol. The Bertz CT molecular complexity index is 310. The summed E-state index contributed by atoms with van der Waals surface area (Å²) in [5.41, 5.74) is 8.01. The summed E-state index contributed by atoms with van der Waals surface area (Å²) < 4.78 is 0. The average molecular weight is 193 g/mol. The first-order valence-electron chi connectivity index (χ1n) is 5.48. The zero-order chi connectivity index (χ0) is 10.1. The molecular formula is C11H19N3. The van der Waals surface area contributed by atoms with Crippen molar-refractivity contribution in [1.82, 2.24) is 9.97 Å². The Hall–Kier alpha value is -0.830. The van der Waals surface area contributed by atoms with Crippen molar-refractivity contribution < 1.29 is 0 Å². The number of hydrogen-bond acceptors (Lipinski definition) is 2. The minimum atomic E-state index is 0.585.